The zero-order chi connectivity index (χ0) is 15.5. The summed E-state index contributed by atoms with van der Waals surface area (Å²) >= 11 is 3.59. The topological polar surface area (TPSA) is 29.1 Å². The first kappa shape index (κ1) is 16.5. The summed E-state index contributed by atoms with van der Waals surface area (Å²) in [5.41, 5.74) is 1.92. The number of halogens is 1. The SMILES string of the molecule is CC(C)(C)c1ccccc1C(=O)NC1CCCCC1CBr. The normalized spacial score (nSPS) is 22.9. The fourth-order valence-corrected chi connectivity index (χ4v) is 3.94. The quantitative estimate of drug-likeness (QED) is 0.787. The zero-order valence-corrected chi connectivity index (χ0v) is 14.9. The summed E-state index contributed by atoms with van der Waals surface area (Å²) in [5, 5.41) is 4.25. The lowest BCUT2D eigenvalue weighted by Gasteiger charge is -2.31. The summed E-state index contributed by atoms with van der Waals surface area (Å²) in [4.78, 5) is 12.7. The molecule has 1 N–H and O–H groups in total. The molecule has 2 atom stereocenters. The van der Waals surface area contributed by atoms with Crippen LogP contribution in [-0.4, -0.2) is 17.3 Å². The predicted molar refractivity (Wildman–Crippen MR) is 92.1 cm³/mol. The maximum Gasteiger partial charge on any atom is 0.251 e. The average Bonchev–Trinajstić information content (AvgIpc) is 2.47. The molecule has 3 heteroatoms. The number of amides is 1. The van der Waals surface area contributed by atoms with Gasteiger partial charge in [0.1, 0.15) is 0 Å². The Morgan fingerprint density at radius 3 is 2.57 bits per heavy atom. The van der Waals surface area contributed by atoms with E-state index in [1.807, 2.05) is 18.2 Å². The second-order valence-electron chi connectivity index (χ2n) is 7.07. The predicted octanol–water partition coefficient (Wildman–Crippen LogP) is 4.67. The van der Waals surface area contributed by atoms with Crippen molar-refractivity contribution in [3.63, 3.8) is 0 Å². The molecule has 116 valence electrons. The van der Waals surface area contributed by atoms with Gasteiger partial charge in [0.25, 0.3) is 5.91 Å². The molecule has 0 spiro atoms. The summed E-state index contributed by atoms with van der Waals surface area (Å²) in [6.45, 7) is 6.46. The van der Waals surface area contributed by atoms with E-state index in [1.54, 1.807) is 0 Å². The molecule has 1 fully saturated rings. The van der Waals surface area contributed by atoms with Gasteiger partial charge in [0.2, 0.25) is 0 Å². The molecular formula is C18H26BrNO. The van der Waals surface area contributed by atoms with Crippen LogP contribution < -0.4 is 5.32 Å². The van der Waals surface area contributed by atoms with Gasteiger partial charge in [-0.1, -0.05) is 67.7 Å². The molecule has 0 aliphatic heterocycles. The molecule has 0 saturated heterocycles. The van der Waals surface area contributed by atoms with Crippen LogP contribution >= 0.6 is 15.9 Å². The molecule has 1 aromatic carbocycles. The van der Waals surface area contributed by atoms with Gasteiger partial charge in [-0.3, -0.25) is 4.79 Å². The Kier molecular flexibility index (Phi) is 5.48. The van der Waals surface area contributed by atoms with Gasteiger partial charge in [-0.05, 0) is 35.8 Å². The fraction of sp³-hybridized carbons (Fsp3) is 0.611. The van der Waals surface area contributed by atoms with Gasteiger partial charge in [0.05, 0.1) is 0 Å². The van der Waals surface area contributed by atoms with E-state index >= 15 is 0 Å². The second-order valence-corrected chi connectivity index (χ2v) is 7.72. The van der Waals surface area contributed by atoms with Crippen LogP contribution in [0.2, 0.25) is 0 Å². The van der Waals surface area contributed by atoms with Crippen molar-refractivity contribution in [3.05, 3.63) is 35.4 Å². The molecule has 1 aromatic rings. The second kappa shape index (κ2) is 6.95. The van der Waals surface area contributed by atoms with Crippen molar-refractivity contribution in [1.82, 2.24) is 5.32 Å². The van der Waals surface area contributed by atoms with Gasteiger partial charge in [0.15, 0.2) is 0 Å². The maximum atomic E-state index is 12.7. The van der Waals surface area contributed by atoms with Crippen LogP contribution in [0.4, 0.5) is 0 Å². The van der Waals surface area contributed by atoms with Crippen molar-refractivity contribution >= 4 is 21.8 Å². The number of hydrogen-bond acceptors (Lipinski definition) is 1. The van der Waals surface area contributed by atoms with Gasteiger partial charge in [-0.2, -0.15) is 0 Å². The van der Waals surface area contributed by atoms with E-state index in [2.05, 4.69) is 48.1 Å². The first-order valence-corrected chi connectivity index (χ1v) is 9.02. The third kappa shape index (κ3) is 4.09. The summed E-state index contributed by atoms with van der Waals surface area (Å²) in [6, 6.07) is 8.28. The molecule has 0 radical (unpaired) electrons. The Bertz CT molecular complexity index is 492. The Morgan fingerprint density at radius 2 is 1.90 bits per heavy atom. The van der Waals surface area contributed by atoms with Crippen molar-refractivity contribution < 1.29 is 4.79 Å². The third-order valence-corrected chi connectivity index (χ3v) is 5.24. The first-order chi connectivity index (χ1) is 9.93. The molecule has 2 nitrogen and oxygen atoms in total. The summed E-state index contributed by atoms with van der Waals surface area (Å²) in [7, 11) is 0. The molecule has 0 aromatic heterocycles. The summed E-state index contributed by atoms with van der Waals surface area (Å²) < 4.78 is 0. The van der Waals surface area contributed by atoms with Gasteiger partial charge in [-0.25, -0.2) is 0 Å². The van der Waals surface area contributed by atoms with Crippen LogP contribution in [0.25, 0.3) is 0 Å². The number of carbonyl (C=O) groups is 1. The van der Waals surface area contributed by atoms with E-state index in [9.17, 15) is 4.79 Å². The van der Waals surface area contributed by atoms with Crippen molar-refractivity contribution in [2.75, 3.05) is 5.33 Å². The van der Waals surface area contributed by atoms with Crippen LogP contribution in [-0.2, 0) is 5.41 Å². The van der Waals surface area contributed by atoms with Crippen LogP contribution in [0.3, 0.4) is 0 Å². The van der Waals surface area contributed by atoms with Crippen LogP contribution in [0, 0.1) is 5.92 Å². The van der Waals surface area contributed by atoms with Crippen molar-refractivity contribution in [2.24, 2.45) is 5.92 Å². The Morgan fingerprint density at radius 1 is 1.24 bits per heavy atom. The van der Waals surface area contributed by atoms with E-state index in [1.165, 1.54) is 19.3 Å². The zero-order valence-electron chi connectivity index (χ0n) is 13.3. The standard InChI is InChI=1S/C18H26BrNO/c1-18(2,3)15-10-6-5-9-14(15)17(21)20-16-11-7-4-8-13(16)12-19/h5-6,9-10,13,16H,4,7-8,11-12H2,1-3H3,(H,20,21). The molecule has 1 saturated carbocycles. The molecule has 0 bridgehead atoms. The van der Waals surface area contributed by atoms with Gasteiger partial charge >= 0.3 is 0 Å². The molecule has 2 rings (SSSR count). The third-order valence-electron chi connectivity index (χ3n) is 4.40. The molecule has 2 unspecified atom stereocenters. The van der Waals surface area contributed by atoms with Gasteiger partial charge in [0, 0.05) is 16.9 Å². The molecular weight excluding hydrogens is 326 g/mol. The molecule has 1 aliphatic rings. The molecule has 1 amide bonds. The van der Waals surface area contributed by atoms with E-state index in [0.29, 0.717) is 12.0 Å². The number of alkyl halides is 1. The highest BCUT2D eigenvalue weighted by Crippen LogP contribution is 2.28. The highest BCUT2D eigenvalue weighted by Gasteiger charge is 2.27. The van der Waals surface area contributed by atoms with E-state index in [4.69, 9.17) is 0 Å². The monoisotopic (exact) mass is 351 g/mol. The lowest BCUT2D eigenvalue weighted by molar-refractivity contribution is 0.0909. The summed E-state index contributed by atoms with van der Waals surface area (Å²) in [5.74, 6) is 0.642. The molecule has 1 aliphatic carbocycles. The molecule has 0 heterocycles. The fourth-order valence-electron chi connectivity index (χ4n) is 3.16. The molecule has 21 heavy (non-hydrogen) atoms. The number of hydrogen-bond donors (Lipinski definition) is 1. The van der Waals surface area contributed by atoms with Crippen molar-refractivity contribution in [1.29, 1.82) is 0 Å². The number of benzene rings is 1. The average molecular weight is 352 g/mol. The Balaban J connectivity index is 2.17. The lowest BCUT2D eigenvalue weighted by atomic mass is 9.82. The summed E-state index contributed by atoms with van der Waals surface area (Å²) in [6.07, 6.45) is 4.80. The first-order valence-electron chi connectivity index (χ1n) is 7.90. The number of rotatable bonds is 3. The number of carbonyl (C=O) groups excluding carboxylic acids is 1. The largest absolute Gasteiger partial charge is 0.349 e. The number of nitrogens with one attached hydrogen (secondary N) is 1. The minimum absolute atomic E-state index is 0.0185. The van der Waals surface area contributed by atoms with Crippen LogP contribution in [0.1, 0.15) is 62.4 Å². The van der Waals surface area contributed by atoms with E-state index in [-0.39, 0.29) is 11.3 Å². The van der Waals surface area contributed by atoms with Gasteiger partial charge in [-0.15, -0.1) is 0 Å². The van der Waals surface area contributed by atoms with E-state index in [0.717, 1.165) is 22.9 Å². The highest BCUT2D eigenvalue weighted by molar-refractivity contribution is 9.09. The maximum absolute atomic E-state index is 12.7. The Labute approximate surface area is 136 Å². The smallest absolute Gasteiger partial charge is 0.251 e. The lowest BCUT2D eigenvalue weighted by Crippen LogP contribution is -2.43. The van der Waals surface area contributed by atoms with Crippen molar-refractivity contribution in [2.45, 2.75) is 57.9 Å². The van der Waals surface area contributed by atoms with Crippen LogP contribution in [0.5, 0.6) is 0 Å². The van der Waals surface area contributed by atoms with E-state index < -0.39 is 0 Å². The highest BCUT2D eigenvalue weighted by atomic mass is 79.9. The van der Waals surface area contributed by atoms with Crippen LogP contribution in [0.15, 0.2) is 24.3 Å². The van der Waals surface area contributed by atoms with Gasteiger partial charge < -0.3 is 5.32 Å². The Hall–Kier alpha value is -0.830. The van der Waals surface area contributed by atoms with Crippen molar-refractivity contribution in [3.8, 4) is 0 Å². The minimum atomic E-state index is -0.0185. The minimum Gasteiger partial charge on any atom is -0.349 e.